The molecule has 0 aliphatic carbocycles. The van der Waals surface area contributed by atoms with Crippen molar-refractivity contribution in [3.63, 3.8) is 0 Å². The van der Waals surface area contributed by atoms with Gasteiger partial charge in [-0.05, 0) is 68.3 Å². The third kappa shape index (κ3) is 8.49. The van der Waals surface area contributed by atoms with E-state index in [2.05, 4.69) is 68.4 Å². The molecule has 2 nitrogen and oxygen atoms in total. The number of ether oxygens (including phenoxy) is 1. The third-order valence-electron chi connectivity index (χ3n) is 8.15. The lowest BCUT2D eigenvalue weighted by atomic mass is 9.81. The molecule has 2 rings (SSSR count). The van der Waals surface area contributed by atoms with Crippen molar-refractivity contribution >= 4 is 0 Å². The van der Waals surface area contributed by atoms with Gasteiger partial charge >= 0.3 is 0 Å². The molecular weight excluding hydrogens is 416 g/mol. The highest BCUT2D eigenvalue weighted by Crippen LogP contribution is 2.46. The van der Waals surface area contributed by atoms with E-state index in [9.17, 15) is 5.11 Å². The van der Waals surface area contributed by atoms with Crippen molar-refractivity contribution in [3.8, 4) is 11.5 Å². The lowest BCUT2D eigenvalue weighted by Crippen LogP contribution is -2.37. The molecule has 0 bridgehead atoms. The minimum absolute atomic E-state index is 0.107. The Kier molecular flexibility index (Phi) is 11.3. The topological polar surface area (TPSA) is 29.1 Å². The van der Waals surface area contributed by atoms with E-state index in [0.29, 0.717) is 0 Å². The molecule has 1 radical (unpaired) electrons. The van der Waals surface area contributed by atoms with Gasteiger partial charge in [-0.25, -0.2) is 0 Å². The number of rotatable bonds is 14. The predicted molar refractivity (Wildman–Crippen MR) is 147 cm³/mol. The summed E-state index contributed by atoms with van der Waals surface area (Å²) >= 11 is 0. The zero-order valence-electron chi connectivity index (χ0n) is 24.1. The third-order valence-corrected chi connectivity index (χ3v) is 8.15. The van der Waals surface area contributed by atoms with Gasteiger partial charge in [0.2, 0.25) is 0 Å². The molecule has 0 saturated heterocycles. The van der Waals surface area contributed by atoms with Gasteiger partial charge in [-0.2, -0.15) is 0 Å². The number of hydrogen-bond acceptors (Lipinski definition) is 1. The highest BCUT2D eigenvalue weighted by molar-refractivity contribution is 5.56. The van der Waals surface area contributed by atoms with Gasteiger partial charge in [0.25, 0.3) is 0 Å². The first-order valence-electron chi connectivity index (χ1n) is 14.5. The summed E-state index contributed by atoms with van der Waals surface area (Å²) in [5.74, 6) is 4.22. The average Bonchev–Trinajstić information content (AvgIpc) is 2.72. The van der Waals surface area contributed by atoms with Crippen LogP contribution in [-0.2, 0) is 11.5 Å². The van der Waals surface area contributed by atoms with Crippen molar-refractivity contribution in [3.05, 3.63) is 22.8 Å². The van der Waals surface area contributed by atoms with Crippen LogP contribution < -0.4 is 4.74 Å². The van der Waals surface area contributed by atoms with Crippen molar-refractivity contribution in [2.24, 2.45) is 17.8 Å². The predicted octanol–water partition coefficient (Wildman–Crippen LogP) is 10.6. The van der Waals surface area contributed by atoms with Crippen molar-refractivity contribution in [1.29, 1.82) is 0 Å². The molecule has 1 aliphatic heterocycles. The SMILES string of the molecule is CC(C)CCC[C@@H](C)CCC[C@@H](C)CCC[C@]1(C)CCc2c(cc(C(C)C)c([O])c2C(C)C)O1. The van der Waals surface area contributed by atoms with Gasteiger partial charge in [0, 0.05) is 16.7 Å². The Morgan fingerprint density at radius 1 is 0.824 bits per heavy atom. The molecule has 1 aromatic rings. The van der Waals surface area contributed by atoms with Gasteiger partial charge < -0.3 is 4.74 Å². The molecule has 0 unspecified atom stereocenters. The lowest BCUT2D eigenvalue weighted by Gasteiger charge is -2.38. The van der Waals surface area contributed by atoms with Crippen molar-refractivity contribution in [1.82, 2.24) is 0 Å². The van der Waals surface area contributed by atoms with E-state index in [1.807, 2.05) is 0 Å². The van der Waals surface area contributed by atoms with Gasteiger partial charge in [0.05, 0.1) is 0 Å². The molecule has 0 aromatic heterocycles. The van der Waals surface area contributed by atoms with Gasteiger partial charge in [0.15, 0.2) is 5.75 Å². The van der Waals surface area contributed by atoms with Gasteiger partial charge in [0.1, 0.15) is 11.4 Å². The van der Waals surface area contributed by atoms with Gasteiger partial charge in [-0.15, -0.1) is 0 Å². The first-order valence-corrected chi connectivity index (χ1v) is 14.5. The van der Waals surface area contributed by atoms with Gasteiger partial charge in [-0.1, -0.05) is 100 Å². The standard InChI is InChI=1S/C32H55O2/c1-22(2)13-10-14-25(7)15-11-16-26(8)17-12-19-32(9)20-18-27-29(34-32)21-28(23(3)4)31(33)30(27)24(5)6/h21-26H,10-20H2,1-9H3/t25-,26-,32-/m1/s1. The fourth-order valence-corrected chi connectivity index (χ4v) is 5.79. The van der Waals surface area contributed by atoms with E-state index >= 15 is 0 Å². The first-order chi connectivity index (χ1) is 15.9. The van der Waals surface area contributed by atoms with Crippen LogP contribution in [0.15, 0.2) is 6.07 Å². The Balaban J connectivity index is 1.84. The highest BCUT2D eigenvalue weighted by atomic mass is 16.5. The van der Waals surface area contributed by atoms with Crippen LogP contribution in [0.4, 0.5) is 0 Å². The Morgan fingerprint density at radius 3 is 1.91 bits per heavy atom. The molecule has 0 amide bonds. The largest absolute Gasteiger partial charge is 0.487 e. The maximum Gasteiger partial charge on any atom is 0.186 e. The summed E-state index contributed by atoms with van der Waals surface area (Å²) in [4.78, 5) is 0. The van der Waals surface area contributed by atoms with Crippen molar-refractivity contribution in [2.45, 2.75) is 150 Å². The first kappa shape index (κ1) is 29.1. The molecule has 34 heavy (non-hydrogen) atoms. The van der Waals surface area contributed by atoms with Crippen LogP contribution in [0, 0.1) is 17.8 Å². The molecule has 0 spiro atoms. The van der Waals surface area contributed by atoms with Crippen LogP contribution in [0.25, 0.3) is 0 Å². The minimum atomic E-state index is -0.107. The molecule has 3 atom stereocenters. The summed E-state index contributed by atoms with van der Waals surface area (Å²) in [6.07, 6.45) is 13.9. The maximum absolute atomic E-state index is 13.1. The Hall–Kier alpha value is -1.18. The zero-order chi connectivity index (χ0) is 25.5. The van der Waals surface area contributed by atoms with Crippen LogP contribution in [0.1, 0.15) is 155 Å². The minimum Gasteiger partial charge on any atom is -0.487 e. The van der Waals surface area contributed by atoms with Crippen LogP contribution in [0.3, 0.4) is 0 Å². The van der Waals surface area contributed by atoms with Crippen molar-refractivity contribution in [2.75, 3.05) is 0 Å². The molecular formula is C32H55O2. The van der Waals surface area contributed by atoms with E-state index in [1.54, 1.807) is 0 Å². The summed E-state index contributed by atoms with van der Waals surface area (Å²) in [5.41, 5.74) is 2.98. The number of benzene rings is 1. The molecule has 0 N–H and O–H groups in total. The molecule has 1 aliphatic rings. The monoisotopic (exact) mass is 471 g/mol. The summed E-state index contributed by atoms with van der Waals surface area (Å²) in [6.45, 7) is 20.3. The summed E-state index contributed by atoms with van der Waals surface area (Å²) in [7, 11) is 0. The Bertz CT molecular complexity index is 748. The quantitative estimate of drug-likeness (QED) is 0.265. The van der Waals surface area contributed by atoms with E-state index in [4.69, 9.17) is 4.74 Å². The second-order valence-corrected chi connectivity index (χ2v) is 12.9. The van der Waals surface area contributed by atoms with E-state index < -0.39 is 0 Å². The second kappa shape index (κ2) is 13.2. The second-order valence-electron chi connectivity index (χ2n) is 12.9. The van der Waals surface area contributed by atoms with E-state index in [-0.39, 0.29) is 23.2 Å². The summed E-state index contributed by atoms with van der Waals surface area (Å²) in [5, 5.41) is 13.1. The highest BCUT2D eigenvalue weighted by Gasteiger charge is 2.35. The number of fused-ring (bicyclic) bond motifs is 1. The molecule has 1 heterocycles. The summed E-state index contributed by atoms with van der Waals surface area (Å²) < 4.78 is 6.67. The molecule has 195 valence electrons. The zero-order valence-corrected chi connectivity index (χ0v) is 24.1. The molecule has 1 aromatic carbocycles. The molecule has 0 saturated carbocycles. The van der Waals surface area contributed by atoms with Crippen LogP contribution in [0.2, 0.25) is 0 Å². The van der Waals surface area contributed by atoms with E-state index in [0.717, 1.165) is 53.9 Å². The average molecular weight is 472 g/mol. The fourth-order valence-electron chi connectivity index (χ4n) is 5.79. The van der Waals surface area contributed by atoms with E-state index in [1.165, 1.54) is 56.9 Å². The smallest absolute Gasteiger partial charge is 0.186 e. The molecule has 2 heteroatoms. The van der Waals surface area contributed by atoms with Gasteiger partial charge in [-0.3, -0.25) is 5.11 Å². The van der Waals surface area contributed by atoms with Crippen LogP contribution in [-0.4, -0.2) is 5.60 Å². The van der Waals surface area contributed by atoms with Crippen molar-refractivity contribution < 1.29 is 9.84 Å². The Morgan fingerprint density at radius 2 is 1.38 bits per heavy atom. The summed E-state index contributed by atoms with van der Waals surface area (Å²) in [6, 6.07) is 2.07. The van der Waals surface area contributed by atoms with Crippen LogP contribution in [0.5, 0.6) is 11.5 Å². The number of hydrogen-bond donors (Lipinski definition) is 0. The van der Waals surface area contributed by atoms with Crippen LogP contribution >= 0.6 is 0 Å². The lowest BCUT2D eigenvalue weighted by molar-refractivity contribution is 0.0516. The maximum atomic E-state index is 13.1. The Labute approximate surface area is 212 Å². The normalized spacial score (nSPS) is 20.0. The fraction of sp³-hybridized carbons (Fsp3) is 0.812. The molecule has 0 fully saturated rings.